The predicted octanol–water partition coefficient (Wildman–Crippen LogP) is 1.57. The van der Waals surface area contributed by atoms with Crippen LogP contribution in [0.4, 0.5) is 5.69 Å². The molecule has 0 fully saturated rings. The zero-order chi connectivity index (χ0) is 23.8. The lowest BCUT2D eigenvalue weighted by atomic mass is 10.2. The van der Waals surface area contributed by atoms with Crippen molar-refractivity contribution in [3.05, 3.63) is 61.9 Å². The molecule has 0 radical (unpaired) electrons. The summed E-state index contributed by atoms with van der Waals surface area (Å²) >= 11 is 6.16. The fourth-order valence-electron chi connectivity index (χ4n) is 3.28. The van der Waals surface area contributed by atoms with E-state index in [0.717, 1.165) is 4.57 Å². The van der Waals surface area contributed by atoms with E-state index >= 15 is 0 Å². The third-order valence-electron chi connectivity index (χ3n) is 5.08. The molecule has 1 aromatic carbocycles. The molecule has 0 unspecified atom stereocenters. The summed E-state index contributed by atoms with van der Waals surface area (Å²) in [5.41, 5.74) is -0.775. The molecular formula is C20H22ClN5O5S. The highest BCUT2D eigenvalue weighted by Crippen LogP contribution is 2.24. The Morgan fingerprint density at radius 3 is 2.41 bits per heavy atom. The molecule has 0 aliphatic carbocycles. The van der Waals surface area contributed by atoms with E-state index in [1.54, 1.807) is 13.8 Å². The number of hydrogen-bond donors (Lipinski definition) is 1. The first-order valence-corrected chi connectivity index (χ1v) is 11.5. The number of carbonyl (C=O) groups is 1. The van der Waals surface area contributed by atoms with Gasteiger partial charge in [-0.1, -0.05) is 25.4 Å². The van der Waals surface area contributed by atoms with Gasteiger partial charge >= 0.3 is 5.69 Å². The van der Waals surface area contributed by atoms with Crippen LogP contribution in [0.5, 0.6) is 0 Å². The number of anilines is 1. The minimum Gasteiger partial charge on any atom is -0.321 e. The Bertz CT molecular complexity index is 1440. The van der Waals surface area contributed by atoms with Gasteiger partial charge in [-0.15, -0.1) is 0 Å². The lowest BCUT2D eigenvalue weighted by Gasteiger charge is -2.19. The number of aromatic nitrogens is 3. The molecule has 0 saturated carbocycles. The molecule has 1 amide bonds. The fourth-order valence-corrected chi connectivity index (χ4v) is 4.97. The molecule has 3 rings (SSSR count). The van der Waals surface area contributed by atoms with Crippen LogP contribution < -0.4 is 16.6 Å². The van der Waals surface area contributed by atoms with Crippen molar-refractivity contribution in [3.8, 4) is 0 Å². The third kappa shape index (κ3) is 4.06. The number of aryl methyl sites for hydroxylation is 1. The Balaban J connectivity index is 2.02. The van der Waals surface area contributed by atoms with Gasteiger partial charge < -0.3 is 5.32 Å². The van der Waals surface area contributed by atoms with E-state index in [1.807, 2.05) is 0 Å². The molecule has 0 saturated heterocycles. The maximum Gasteiger partial charge on any atom is 0.332 e. The summed E-state index contributed by atoms with van der Waals surface area (Å²) < 4.78 is 29.0. The van der Waals surface area contributed by atoms with E-state index in [1.165, 1.54) is 53.4 Å². The maximum absolute atomic E-state index is 12.9. The highest BCUT2D eigenvalue weighted by atomic mass is 35.5. The largest absolute Gasteiger partial charge is 0.332 e. The first kappa shape index (κ1) is 23.6. The molecule has 32 heavy (non-hydrogen) atoms. The van der Waals surface area contributed by atoms with Crippen molar-refractivity contribution in [1.82, 2.24) is 18.4 Å². The van der Waals surface area contributed by atoms with Crippen LogP contribution in [0.1, 0.15) is 24.2 Å². The number of pyridine rings is 1. The predicted molar refractivity (Wildman–Crippen MR) is 122 cm³/mol. The van der Waals surface area contributed by atoms with Crippen molar-refractivity contribution in [1.29, 1.82) is 0 Å². The van der Waals surface area contributed by atoms with Crippen LogP contribution in [0.2, 0.25) is 5.02 Å². The number of nitrogens with zero attached hydrogens (tertiary/aromatic N) is 4. The summed E-state index contributed by atoms with van der Waals surface area (Å²) in [5, 5.41) is 2.78. The first-order valence-electron chi connectivity index (χ1n) is 9.69. The van der Waals surface area contributed by atoms with Gasteiger partial charge in [-0.2, -0.15) is 4.31 Å². The van der Waals surface area contributed by atoms with Gasteiger partial charge in [0, 0.05) is 27.2 Å². The van der Waals surface area contributed by atoms with Crippen LogP contribution in [-0.2, 0) is 24.1 Å². The van der Waals surface area contributed by atoms with Crippen LogP contribution >= 0.6 is 11.6 Å². The van der Waals surface area contributed by atoms with Crippen molar-refractivity contribution in [2.45, 2.75) is 18.7 Å². The van der Waals surface area contributed by atoms with Gasteiger partial charge in [-0.05, 0) is 24.3 Å². The molecule has 3 aromatic rings. The number of halogens is 1. The minimum atomic E-state index is -3.79. The monoisotopic (exact) mass is 479 g/mol. The van der Waals surface area contributed by atoms with E-state index in [9.17, 15) is 22.8 Å². The molecule has 0 aliphatic heterocycles. The molecule has 10 nitrogen and oxygen atoms in total. The minimum absolute atomic E-state index is 0.0478. The molecular weight excluding hydrogens is 458 g/mol. The van der Waals surface area contributed by atoms with Gasteiger partial charge in [0.15, 0.2) is 0 Å². The van der Waals surface area contributed by atoms with E-state index in [-0.39, 0.29) is 45.3 Å². The number of amides is 1. The van der Waals surface area contributed by atoms with Gasteiger partial charge in [0.2, 0.25) is 10.0 Å². The Kier molecular flexibility index (Phi) is 6.54. The number of rotatable bonds is 6. The second-order valence-electron chi connectivity index (χ2n) is 6.99. The molecule has 0 aliphatic rings. The second-order valence-corrected chi connectivity index (χ2v) is 9.33. The number of fused-ring (bicyclic) bond motifs is 1. The zero-order valence-corrected chi connectivity index (χ0v) is 19.5. The van der Waals surface area contributed by atoms with Crippen LogP contribution in [0.25, 0.3) is 11.0 Å². The van der Waals surface area contributed by atoms with Crippen LogP contribution in [0.3, 0.4) is 0 Å². The lowest BCUT2D eigenvalue weighted by Crippen LogP contribution is -2.37. The Morgan fingerprint density at radius 1 is 1.12 bits per heavy atom. The highest BCUT2D eigenvalue weighted by Gasteiger charge is 2.24. The highest BCUT2D eigenvalue weighted by molar-refractivity contribution is 7.89. The number of benzene rings is 1. The number of sulfonamides is 1. The summed E-state index contributed by atoms with van der Waals surface area (Å²) in [7, 11) is -0.962. The quantitative estimate of drug-likeness (QED) is 0.572. The lowest BCUT2D eigenvalue weighted by molar-refractivity contribution is 0.102. The Morgan fingerprint density at radius 2 is 1.78 bits per heavy atom. The zero-order valence-electron chi connectivity index (χ0n) is 17.9. The molecule has 12 heteroatoms. The average molecular weight is 480 g/mol. The maximum atomic E-state index is 12.9. The van der Waals surface area contributed by atoms with E-state index in [0.29, 0.717) is 0 Å². The second kappa shape index (κ2) is 8.85. The van der Waals surface area contributed by atoms with Crippen molar-refractivity contribution < 1.29 is 13.2 Å². The third-order valence-corrected chi connectivity index (χ3v) is 7.45. The van der Waals surface area contributed by atoms with Crippen LogP contribution in [-0.4, -0.2) is 45.8 Å². The molecule has 2 heterocycles. The van der Waals surface area contributed by atoms with Crippen molar-refractivity contribution >= 4 is 44.3 Å². The van der Waals surface area contributed by atoms with Gasteiger partial charge in [0.25, 0.3) is 11.5 Å². The van der Waals surface area contributed by atoms with Gasteiger partial charge in [0.05, 0.1) is 32.8 Å². The van der Waals surface area contributed by atoms with Crippen LogP contribution in [0.15, 0.2) is 44.9 Å². The molecule has 0 spiro atoms. The summed E-state index contributed by atoms with van der Waals surface area (Å²) in [6, 6.07) is 5.29. The fraction of sp³-hybridized carbons (Fsp3) is 0.300. The summed E-state index contributed by atoms with van der Waals surface area (Å²) in [6.45, 7) is 4.00. The normalized spacial score (nSPS) is 11.8. The molecule has 1 N–H and O–H groups in total. The number of carbonyl (C=O) groups excluding carboxylic acids is 1. The Hall–Kier alpha value is -3.02. The van der Waals surface area contributed by atoms with Gasteiger partial charge in [-0.25, -0.2) is 18.2 Å². The molecule has 2 aromatic heterocycles. The van der Waals surface area contributed by atoms with E-state index < -0.39 is 27.2 Å². The average Bonchev–Trinajstić information content (AvgIpc) is 2.76. The first-order chi connectivity index (χ1) is 15.0. The molecule has 0 bridgehead atoms. The van der Waals surface area contributed by atoms with Crippen molar-refractivity contribution in [3.63, 3.8) is 0 Å². The van der Waals surface area contributed by atoms with Gasteiger partial charge in [-0.3, -0.25) is 18.7 Å². The summed E-state index contributed by atoms with van der Waals surface area (Å²) in [6.07, 6.45) is 1.30. The summed E-state index contributed by atoms with van der Waals surface area (Å²) in [5.74, 6) is -0.672. The van der Waals surface area contributed by atoms with E-state index in [2.05, 4.69) is 10.3 Å². The smallest absolute Gasteiger partial charge is 0.321 e. The number of nitrogens with one attached hydrogen (secondary N) is 1. The SMILES string of the molecule is CCN(CC)S(=O)(=O)c1ccc(Cl)c(C(=O)Nc2cnc3c(c2)c(=O)n(C)c(=O)n3C)c1. The molecule has 0 atom stereocenters. The van der Waals surface area contributed by atoms with Crippen molar-refractivity contribution in [2.75, 3.05) is 18.4 Å². The van der Waals surface area contributed by atoms with Gasteiger partial charge in [0.1, 0.15) is 5.65 Å². The Labute approximate surface area is 189 Å². The van der Waals surface area contributed by atoms with Crippen LogP contribution in [0, 0.1) is 0 Å². The standard InChI is InChI=1S/C20H22ClN5O5S/c1-5-26(6-2)32(30,31)13-7-8-16(21)14(10-13)18(27)23-12-9-15-17(22-11-12)24(3)20(29)25(4)19(15)28/h7-11H,5-6H2,1-4H3,(H,23,27). The van der Waals surface area contributed by atoms with Crippen molar-refractivity contribution in [2.24, 2.45) is 14.1 Å². The summed E-state index contributed by atoms with van der Waals surface area (Å²) in [4.78, 5) is 41.4. The molecule has 170 valence electrons. The topological polar surface area (TPSA) is 123 Å². The van der Waals surface area contributed by atoms with E-state index in [4.69, 9.17) is 11.6 Å². The number of hydrogen-bond acceptors (Lipinski definition) is 6.